The number of hydrogen-bond donors (Lipinski definition) is 1. The van der Waals surface area contributed by atoms with Crippen molar-refractivity contribution in [3.8, 4) is 5.75 Å². The lowest BCUT2D eigenvalue weighted by molar-refractivity contribution is -0.117. The number of amides is 3. The Balaban J connectivity index is 1.51. The van der Waals surface area contributed by atoms with Crippen molar-refractivity contribution in [2.75, 3.05) is 30.4 Å². The minimum atomic E-state index is -0.0387. The molecule has 6 heteroatoms. The molecule has 2 aromatic rings. The number of carbonyl (C=O) groups is 2. The standard InChI is InChI=1S/C25H31N3O3/c1-17(2)19-7-5-18(6-8-19)16-27-13-4-14-28(25(27)30)22-15-21(11-12-23(22)31-3)26-24(29)20-9-10-20/h5-8,11-12,15,17,20H,4,9-10,13-14,16H2,1-3H3,(H,26,29). The van der Waals surface area contributed by atoms with E-state index < -0.39 is 0 Å². The van der Waals surface area contributed by atoms with E-state index >= 15 is 0 Å². The Morgan fingerprint density at radius 3 is 2.52 bits per heavy atom. The van der Waals surface area contributed by atoms with E-state index in [1.165, 1.54) is 5.56 Å². The third kappa shape index (κ3) is 4.84. The van der Waals surface area contributed by atoms with Crippen molar-refractivity contribution < 1.29 is 14.3 Å². The fourth-order valence-corrected chi connectivity index (χ4v) is 3.95. The third-order valence-electron chi connectivity index (χ3n) is 6.02. The molecule has 1 heterocycles. The van der Waals surface area contributed by atoms with Gasteiger partial charge in [-0.1, -0.05) is 38.1 Å². The molecule has 0 unspecified atom stereocenters. The highest BCUT2D eigenvalue weighted by atomic mass is 16.5. The van der Waals surface area contributed by atoms with Crippen LogP contribution in [-0.2, 0) is 11.3 Å². The molecule has 0 radical (unpaired) electrons. The summed E-state index contributed by atoms with van der Waals surface area (Å²) in [5, 5.41) is 2.97. The zero-order valence-corrected chi connectivity index (χ0v) is 18.6. The Labute approximate surface area is 184 Å². The number of ether oxygens (including phenoxy) is 1. The number of urea groups is 1. The lowest BCUT2D eigenvalue weighted by atomic mass is 10.0. The van der Waals surface area contributed by atoms with E-state index in [4.69, 9.17) is 4.74 Å². The molecule has 2 aromatic carbocycles. The summed E-state index contributed by atoms with van der Waals surface area (Å²) < 4.78 is 5.53. The molecule has 164 valence electrons. The summed E-state index contributed by atoms with van der Waals surface area (Å²) >= 11 is 0. The molecule has 1 aliphatic carbocycles. The van der Waals surface area contributed by atoms with Crippen LogP contribution in [0.5, 0.6) is 5.75 Å². The van der Waals surface area contributed by atoms with Crippen molar-refractivity contribution in [2.45, 2.75) is 45.6 Å². The number of benzene rings is 2. The highest BCUT2D eigenvalue weighted by Crippen LogP contribution is 2.35. The van der Waals surface area contributed by atoms with E-state index in [-0.39, 0.29) is 17.9 Å². The maximum Gasteiger partial charge on any atom is 0.324 e. The fourth-order valence-electron chi connectivity index (χ4n) is 3.95. The Kier molecular flexibility index (Phi) is 6.16. The minimum absolute atomic E-state index is 0.0387. The van der Waals surface area contributed by atoms with Gasteiger partial charge in [-0.2, -0.15) is 0 Å². The topological polar surface area (TPSA) is 61.9 Å². The van der Waals surface area contributed by atoms with Crippen LogP contribution in [0.4, 0.5) is 16.2 Å². The van der Waals surface area contributed by atoms with Crippen LogP contribution in [0.2, 0.25) is 0 Å². The van der Waals surface area contributed by atoms with Gasteiger partial charge in [-0.3, -0.25) is 9.69 Å². The minimum Gasteiger partial charge on any atom is -0.495 e. The van der Waals surface area contributed by atoms with Gasteiger partial charge in [0.25, 0.3) is 0 Å². The molecule has 1 N–H and O–H groups in total. The van der Waals surface area contributed by atoms with Crippen LogP contribution in [0.3, 0.4) is 0 Å². The molecule has 0 bridgehead atoms. The van der Waals surface area contributed by atoms with Gasteiger partial charge in [0.2, 0.25) is 5.91 Å². The summed E-state index contributed by atoms with van der Waals surface area (Å²) in [4.78, 5) is 29.1. The maximum atomic E-state index is 13.3. The number of nitrogens with one attached hydrogen (secondary N) is 1. The quantitative estimate of drug-likeness (QED) is 0.684. The molecular weight excluding hydrogens is 390 g/mol. The monoisotopic (exact) mass is 421 g/mol. The normalized spacial score (nSPS) is 16.6. The molecule has 0 spiro atoms. The zero-order valence-electron chi connectivity index (χ0n) is 18.6. The Hall–Kier alpha value is -3.02. The van der Waals surface area contributed by atoms with Crippen molar-refractivity contribution in [2.24, 2.45) is 5.92 Å². The summed E-state index contributed by atoms with van der Waals surface area (Å²) in [5.41, 5.74) is 3.81. The second-order valence-corrected chi connectivity index (χ2v) is 8.76. The zero-order chi connectivity index (χ0) is 22.0. The summed E-state index contributed by atoms with van der Waals surface area (Å²) in [5.74, 6) is 1.29. The van der Waals surface area contributed by atoms with Crippen molar-refractivity contribution in [3.63, 3.8) is 0 Å². The molecular formula is C25H31N3O3. The largest absolute Gasteiger partial charge is 0.495 e. The van der Waals surface area contributed by atoms with E-state index in [2.05, 4.69) is 43.4 Å². The summed E-state index contributed by atoms with van der Waals surface area (Å²) in [6.07, 6.45) is 2.77. The van der Waals surface area contributed by atoms with Gasteiger partial charge in [-0.15, -0.1) is 0 Å². The molecule has 0 aromatic heterocycles. The second kappa shape index (κ2) is 9.00. The number of rotatable bonds is 7. The number of methoxy groups -OCH3 is 1. The average Bonchev–Trinajstić information content (AvgIpc) is 3.61. The summed E-state index contributed by atoms with van der Waals surface area (Å²) in [6, 6.07) is 13.9. The molecule has 0 atom stereocenters. The SMILES string of the molecule is COc1ccc(NC(=O)C2CC2)cc1N1CCCN(Cc2ccc(C(C)C)cc2)C1=O. The predicted octanol–water partition coefficient (Wildman–Crippen LogP) is 5.00. The molecule has 3 amide bonds. The van der Waals surface area contributed by atoms with Crippen LogP contribution in [-0.4, -0.2) is 37.0 Å². The lowest BCUT2D eigenvalue weighted by Gasteiger charge is -2.36. The molecule has 6 nitrogen and oxygen atoms in total. The highest BCUT2D eigenvalue weighted by Gasteiger charge is 2.31. The van der Waals surface area contributed by atoms with Gasteiger partial charge in [0, 0.05) is 31.2 Å². The van der Waals surface area contributed by atoms with Gasteiger partial charge in [-0.25, -0.2) is 4.79 Å². The predicted molar refractivity (Wildman–Crippen MR) is 123 cm³/mol. The smallest absolute Gasteiger partial charge is 0.324 e. The van der Waals surface area contributed by atoms with E-state index in [0.29, 0.717) is 36.1 Å². The van der Waals surface area contributed by atoms with E-state index in [1.54, 1.807) is 12.0 Å². The van der Waals surface area contributed by atoms with Crippen LogP contribution >= 0.6 is 0 Å². The van der Waals surface area contributed by atoms with Gasteiger partial charge in [0.1, 0.15) is 5.75 Å². The van der Waals surface area contributed by atoms with Crippen LogP contribution in [0.25, 0.3) is 0 Å². The number of hydrogen-bond acceptors (Lipinski definition) is 3. The second-order valence-electron chi connectivity index (χ2n) is 8.76. The van der Waals surface area contributed by atoms with E-state index in [0.717, 1.165) is 31.4 Å². The first kappa shape index (κ1) is 21.2. The molecule has 31 heavy (non-hydrogen) atoms. The van der Waals surface area contributed by atoms with Gasteiger partial charge in [0.15, 0.2) is 0 Å². The number of anilines is 2. The first-order valence-corrected chi connectivity index (χ1v) is 11.1. The highest BCUT2D eigenvalue weighted by molar-refractivity contribution is 5.98. The van der Waals surface area contributed by atoms with Crippen molar-refractivity contribution in [1.29, 1.82) is 0 Å². The maximum absolute atomic E-state index is 13.3. The van der Waals surface area contributed by atoms with Gasteiger partial charge < -0.3 is 15.0 Å². The molecule has 2 fully saturated rings. The van der Waals surface area contributed by atoms with Crippen molar-refractivity contribution in [3.05, 3.63) is 53.6 Å². The van der Waals surface area contributed by atoms with Gasteiger partial charge in [-0.05, 0) is 54.5 Å². The van der Waals surface area contributed by atoms with Crippen LogP contribution < -0.4 is 15.0 Å². The van der Waals surface area contributed by atoms with E-state index in [1.807, 2.05) is 23.1 Å². The van der Waals surface area contributed by atoms with Crippen LogP contribution in [0.1, 0.15) is 50.2 Å². The van der Waals surface area contributed by atoms with Crippen molar-refractivity contribution in [1.82, 2.24) is 4.90 Å². The molecule has 1 saturated carbocycles. The Morgan fingerprint density at radius 1 is 1.13 bits per heavy atom. The van der Waals surface area contributed by atoms with Gasteiger partial charge in [0.05, 0.1) is 12.8 Å². The summed E-state index contributed by atoms with van der Waals surface area (Å²) in [6.45, 7) is 6.28. The lowest BCUT2D eigenvalue weighted by Crippen LogP contribution is -2.49. The number of nitrogens with zero attached hydrogens (tertiary/aromatic N) is 2. The molecule has 1 saturated heterocycles. The van der Waals surface area contributed by atoms with Crippen LogP contribution in [0.15, 0.2) is 42.5 Å². The Morgan fingerprint density at radius 2 is 1.87 bits per heavy atom. The fraction of sp³-hybridized carbons (Fsp3) is 0.440. The molecule has 1 aliphatic heterocycles. The first-order valence-electron chi connectivity index (χ1n) is 11.1. The van der Waals surface area contributed by atoms with Gasteiger partial charge >= 0.3 is 6.03 Å². The molecule has 2 aliphatic rings. The Bertz CT molecular complexity index is 951. The number of carbonyl (C=O) groups excluding carboxylic acids is 2. The third-order valence-corrected chi connectivity index (χ3v) is 6.02. The molecule has 4 rings (SSSR count). The first-order chi connectivity index (χ1) is 15.0. The van der Waals surface area contributed by atoms with Crippen LogP contribution in [0, 0.1) is 5.92 Å². The average molecular weight is 422 g/mol. The summed E-state index contributed by atoms with van der Waals surface area (Å²) in [7, 11) is 1.60. The van der Waals surface area contributed by atoms with Crippen molar-refractivity contribution >= 4 is 23.3 Å². The van der Waals surface area contributed by atoms with E-state index in [9.17, 15) is 9.59 Å².